The molecule has 0 radical (unpaired) electrons. The molecule has 1 amide bonds. The van der Waals surface area contributed by atoms with Gasteiger partial charge in [0.05, 0.1) is 12.0 Å². The molecule has 1 aliphatic heterocycles. The molecule has 1 aromatic heterocycles. The van der Waals surface area contributed by atoms with Gasteiger partial charge in [0.2, 0.25) is 5.91 Å². The van der Waals surface area contributed by atoms with Gasteiger partial charge in [-0.1, -0.05) is 19.3 Å². The number of rotatable bonds is 4. The summed E-state index contributed by atoms with van der Waals surface area (Å²) < 4.78 is 2.13. The summed E-state index contributed by atoms with van der Waals surface area (Å²) in [5, 5.41) is 19.0. The maximum Gasteiger partial charge on any atom is 0.225 e. The quantitative estimate of drug-likeness (QED) is 0.919. The minimum absolute atomic E-state index is 0.114. The molecule has 1 aromatic rings. The van der Waals surface area contributed by atoms with Gasteiger partial charge in [-0.25, -0.2) is 0 Å². The average Bonchev–Trinajstić information content (AvgIpc) is 3.05. The van der Waals surface area contributed by atoms with Crippen molar-refractivity contribution in [1.29, 1.82) is 0 Å². The third-order valence-corrected chi connectivity index (χ3v) is 5.63. The number of aliphatic hydroxyl groups is 1. The van der Waals surface area contributed by atoms with Crippen LogP contribution < -0.4 is 0 Å². The summed E-state index contributed by atoms with van der Waals surface area (Å²) in [5.41, 5.74) is -0.760. The normalized spacial score (nSPS) is 22.1. The molecule has 0 spiro atoms. The van der Waals surface area contributed by atoms with E-state index in [0.29, 0.717) is 18.4 Å². The Balaban J connectivity index is 1.54. The molecule has 0 unspecified atom stereocenters. The number of hydrogen-bond donors (Lipinski definition) is 1. The van der Waals surface area contributed by atoms with Crippen molar-refractivity contribution in [2.75, 3.05) is 13.1 Å². The van der Waals surface area contributed by atoms with Gasteiger partial charge in [0, 0.05) is 25.0 Å². The van der Waals surface area contributed by atoms with E-state index in [2.05, 4.69) is 28.6 Å². The van der Waals surface area contributed by atoms with Crippen LogP contribution in [-0.4, -0.2) is 49.4 Å². The molecule has 2 aliphatic rings. The summed E-state index contributed by atoms with van der Waals surface area (Å²) in [6.45, 7) is 5.78. The summed E-state index contributed by atoms with van der Waals surface area (Å²) >= 11 is 0. The number of piperidine rings is 1. The summed E-state index contributed by atoms with van der Waals surface area (Å²) in [6.07, 6.45) is 8.74. The highest BCUT2D eigenvalue weighted by molar-refractivity contribution is 5.77. The minimum Gasteiger partial charge on any atom is -0.389 e. The van der Waals surface area contributed by atoms with Crippen molar-refractivity contribution in [1.82, 2.24) is 19.7 Å². The van der Waals surface area contributed by atoms with E-state index in [-0.39, 0.29) is 5.91 Å². The molecular formula is C18H30N4O2. The van der Waals surface area contributed by atoms with E-state index in [0.717, 1.165) is 57.4 Å². The highest BCUT2D eigenvalue weighted by Gasteiger charge is 2.35. The lowest BCUT2D eigenvalue weighted by Gasteiger charge is -2.36. The van der Waals surface area contributed by atoms with E-state index < -0.39 is 5.60 Å². The first-order valence-corrected chi connectivity index (χ1v) is 9.38. The lowest BCUT2D eigenvalue weighted by Crippen LogP contribution is -2.43. The lowest BCUT2D eigenvalue weighted by atomic mass is 9.82. The Morgan fingerprint density at radius 2 is 1.96 bits per heavy atom. The van der Waals surface area contributed by atoms with Crippen LogP contribution in [0.15, 0.2) is 6.33 Å². The predicted octanol–water partition coefficient (Wildman–Crippen LogP) is 2.65. The minimum atomic E-state index is -0.760. The molecule has 24 heavy (non-hydrogen) atoms. The summed E-state index contributed by atoms with van der Waals surface area (Å²) in [4.78, 5) is 14.5. The van der Waals surface area contributed by atoms with Crippen molar-refractivity contribution >= 4 is 5.91 Å². The van der Waals surface area contributed by atoms with E-state index in [9.17, 15) is 9.90 Å². The van der Waals surface area contributed by atoms with Gasteiger partial charge >= 0.3 is 0 Å². The zero-order valence-corrected chi connectivity index (χ0v) is 14.9. The Bertz CT molecular complexity index is 555. The van der Waals surface area contributed by atoms with Gasteiger partial charge in [-0.3, -0.25) is 4.79 Å². The monoisotopic (exact) mass is 334 g/mol. The molecule has 0 aromatic carbocycles. The van der Waals surface area contributed by atoms with Crippen LogP contribution in [-0.2, 0) is 4.79 Å². The number of hydrogen-bond acceptors (Lipinski definition) is 4. The van der Waals surface area contributed by atoms with Gasteiger partial charge < -0.3 is 14.6 Å². The lowest BCUT2D eigenvalue weighted by molar-refractivity contribution is -0.138. The summed E-state index contributed by atoms with van der Waals surface area (Å²) in [6, 6.07) is 0.357. The fourth-order valence-electron chi connectivity index (χ4n) is 4.11. The molecule has 1 saturated heterocycles. The van der Waals surface area contributed by atoms with Crippen LogP contribution in [0.2, 0.25) is 0 Å². The fourth-order valence-corrected chi connectivity index (χ4v) is 4.11. The van der Waals surface area contributed by atoms with E-state index in [1.807, 2.05) is 4.90 Å². The predicted molar refractivity (Wildman–Crippen MR) is 91.6 cm³/mol. The van der Waals surface area contributed by atoms with Crippen molar-refractivity contribution in [2.45, 2.75) is 82.8 Å². The van der Waals surface area contributed by atoms with Gasteiger partial charge in [0.1, 0.15) is 12.2 Å². The molecule has 134 valence electrons. The van der Waals surface area contributed by atoms with Crippen molar-refractivity contribution in [3.8, 4) is 0 Å². The van der Waals surface area contributed by atoms with Crippen molar-refractivity contribution < 1.29 is 9.90 Å². The molecule has 0 atom stereocenters. The maximum absolute atomic E-state index is 12.6. The third-order valence-electron chi connectivity index (χ3n) is 5.63. The van der Waals surface area contributed by atoms with E-state index in [1.165, 1.54) is 6.42 Å². The summed E-state index contributed by atoms with van der Waals surface area (Å²) in [5.74, 6) is 1.53. The second kappa shape index (κ2) is 7.21. The zero-order chi connectivity index (χ0) is 17.2. The van der Waals surface area contributed by atoms with Crippen LogP contribution in [0.25, 0.3) is 0 Å². The third kappa shape index (κ3) is 3.79. The van der Waals surface area contributed by atoms with Crippen molar-refractivity contribution in [3.05, 3.63) is 12.2 Å². The van der Waals surface area contributed by atoms with E-state index >= 15 is 0 Å². The second-order valence-corrected chi connectivity index (χ2v) is 7.81. The Hall–Kier alpha value is -1.43. The average molecular weight is 334 g/mol. The molecular weight excluding hydrogens is 304 g/mol. The molecule has 2 heterocycles. The van der Waals surface area contributed by atoms with Crippen LogP contribution in [0.4, 0.5) is 0 Å². The number of carbonyl (C=O) groups excluding carboxylic acids is 1. The first-order valence-electron chi connectivity index (χ1n) is 9.38. The highest BCUT2D eigenvalue weighted by atomic mass is 16.3. The Kier molecular flexibility index (Phi) is 5.23. The van der Waals surface area contributed by atoms with Crippen LogP contribution >= 0.6 is 0 Å². The first-order chi connectivity index (χ1) is 11.5. The second-order valence-electron chi connectivity index (χ2n) is 7.81. The molecule has 1 aliphatic carbocycles. The van der Waals surface area contributed by atoms with Gasteiger partial charge in [-0.05, 0) is 39.5 Å². The molecule has 2 fully saturated rings. The van der Waals surface area contributed by atoms with Crippen LogP contribution in [0.5, 0.6) is 0 Å². The number of nitrogens with zero attached hydrogens (tertiary/aromatic N) is 4. The molecule has 6 heteroatoms. The number of carbonyl (C=O) groups is 1. The SMILES string of the molecule is CC(C)n1cnnc1C1CCN(C(=O)CC2(O)CCCCC2)CC1. The summed E-state index contributed by atoms with van der Waals surface area (Å²) in [7, 11) is 0. The van der Waals surface area contributed by atoms with Gasteiger partial charge in [-0.2, -0.15) is 0 Å². The molecule has 6 nitrogen and oxygen atoms in total. The number of aromatic nitrogens is 3. The smallest absolute Gasteiger partial charge is 0.225 e. The number of amides is 1. The first kappa shape index (κ1) is 17.4. The van der Waals surface area contributed by atoms with E-state index in [4.69, 9.17) is 0 Å². The Morgan fingerprint density at radius 3 is 2.58 bits per heavy atom. The van der Waals surface area contributed by atoms with Crippen LogP contribution in [0, 0.1) is 0 Å². The highest BCUT2D eigenvalue weighted by Crippen LogP contribution is 2.33. The number of likely N-dealkylation sites (tertiary alicyclic amines) is 1. The maximum atomic E-state index is 12.6. The fraction of sp³-hybridized carbons (Fsp3) is 0.833. The van der Waals surface area contributed by atoms with Crippen molar-refractivity contribution in [3.63, 3.8) is 0 Å². The van der Waals surface area contributed by atoms with Gasteiger partial charge in [0.25, 0.3) is 0 Å². The molecule has 0 bridgehead atoms. The molecule has 1 saturated carbocycles. The molecule has 1 N–H and O–H groups in total. The Labute approximate surface area is 144 Å². The Morgan fingerprint density at radius 1 is 1.29 bits per heavy atom. The zero-order valence-electron chi connectivity index (χ0n) is 14.9. The van der Waals surface area contributed by atoms with Crippen molar-refractivity contribution in [2.24, 2.45) is 0 Å². The van der Waals surface area contributed by atoms with Gasteiger partial charge in [-0.15, -0.1) is 10.2 Å². The van der Waals surface area contributed by atoms with Crippen LogP contribution in [0.3, 0.4) is 0 Å². The topological polar surface area (TPSA) is 71.2 Å². The van der Waals surface area contributed by atoms with Crippen LogP contribution in [0.1, 0.15) is 83.0 Å². The molecule has 3 rings (SSSR count). The largest absolute Gasteiger partial charge is 0.389 e. The van der Waals surface area contributed by atoms with Gasteiger partial charge in [0.15, 0.2) is 0 Å². The van der Waals surface area contributed by atoms with E-state index in [1.54, 1.807) is 6.33 Å². The standard InChI is InChI=1S/C18H30N4O2/c1-14(2)22-13-19-20-17(22)15-6-10-21(11-7-15)16(23)12-18(24)8-4-3-5-9-18/h13-15,24H,3-12H2,1-2H3.